The van der Waals surface area contributed by atoms with Crippen LogP contribution >= 0.6 is 0 Å². The third-order valence-electron chi connectivity index (χ3n) is 2.89. The Kier molecular flexibility index (Phi) is 4.02. The van der Waals surface area contributed by atoms with Crippen molar-refractivity contribution in [3.8, 4) is 0 Å². The number of amides is 1. The van der Waals surface area contributed by atoms with Gasteiger partial charge < -0.3 is 9.73 Å². The minimum atomic E-state index is -0.208. The van der Waals surface area contributed by atoms with Gasteiger partial charge >= 0.3 is 0 Å². The predicted molar refractivity (Wildman–Crippen MR) is 73.7 cm³/mol. The highest BCUT2D eigenvalue weighted by atomic mass is 16.3. The first-order valence-corrected chi connectivity index (χ1v) is 6.37. The van der Waals surface area contributed by atoms with E-state index >= 15 is 0 Å². The van der Waals surface area contributed by atoms with Crippen LogP contribution < -0.4 is 10.9 Å². The number of hydrogen-bond donors (Lipinski definition) is 1. The summed E-state index contributed by atoms with van der Waals surface area (Å²) in [6.45, 7) is 6.02. The maximum atomic E-state index is 11.9. The van der Waals surface area contributed by atoms with Gasteiger partial charge in [0.05, 0.1) is 17.8 Å². The molecule has 0 aliphatic rings. The minimum absolute atomic E-state index is 0.180. The van der Waals surface area contributed by atoms with E-state index in [1.807, 2.05) is 6.92 Å². The summed E-state index contributed by atoms with van der Waals surface area (Å²) in [4.78, 5) is 23.5. The van der Waals surface area contributed by atoms with Crippen LogP contribution in [0.25, 0.3) is 0 Å². The van der Waals surface area contributed by atoms with Crippen LogP contribution in [0.4, 0.5) is 0 Å². The van der Waals surface area contributed by atoms with Crippen LogP contribution in [0.15, 0.2) is 27.4 Å². The lowest BCUT2D eigenvalue weighted by Gasteiger charge is -2.06. The van der Waals surface area contributed by atoms with E-state index in [0.29, 0.717) is 30.2 Å². The Bertz CT molecular complexity index is 685. The Balaban J connectivity index is 1.96. The van der Waals surface area contributed by atoms with Crippen LogP contribution in [-0.4, -0.2) is 22.2 Å². The molecule has 20 heavy (non-hydrogen) atoms. The number of hydrogen-bond acceptors (Lipinski definition) is 4. The Morgan fingerprint density at radius 3 is 2.75 bits per heavy atom. The molecule has 2 aromatic heterocycles. The molecule has 0 radical (unpaired) electrons. The molecular formula is C14H17N3O3. The third-order valence-corrected chi connectivity index (χ3v) is 2.89. The van der Waals surface area contributed by atoms with Crippen molar-refractivity contribution in [2.75, 3.05) is 6.54 Å². The molecule has 0 aromatic carbocycles. The first-order valence-electron chi connectivity index (χ1n) is 6.37. The van der Waals surface area contributed by atoms with Gasteiger partial charge in [0.15, 0.2) is 0 Å². The molecule has 0 unspecified atom stereocenters. The molecule has 0 bridgehead atoms. The molecule has 0 atom stereocenters. The molecule has 106 valence electrons. The summed E-state index contributed by atoms with van der Waals surface area (Å²) in [5.41, 5.74) is 1.10. The van der Waals surface area contributed by atoms with Gasteiger partial charge in [-0.05, 0) is 32.9 Å². The van der Waals surface area contributed by atoms with Gasteiger partial charge in [-0.3, -0.25) is 9.59 Å². The second-order valence-electron chi connectivity index (χ2n) is 4.62. The average molecular weight is 275 g/mol. The van der Waals surface area contributed by atoms with Crippen LogP contribution in [-0.2, 0) is 6.54 Å². The largest absolute Gasteiger partial charge is 0.466 e. The monoisotopic (exact) mass is 275 g/mol. The number of carbonyl (C=O) groups is 1. The first-order chi connectivity index (χ1) is 9.47. The molecule has 2 heterocycles. The summed E-state index contributed by atoms with van der Waals surface area (Å²) >= 11 is 0. The number of aryl methyl sites for hydroxylation is 3. The zero-order valence-electron chi connectivity index (χ0n) is 11.8. The summed E-state index contributed by atoms with van der Waals surface area (Å²) < 4.78 is 6.64. The van der Waals surface area contributed by atoms with Crippen molar-refractivity contribution in [1.82, 2.24) is 15.1 Å². The molecular weight excluding hydrogens is 258 g/mol. The Morgan fingerprint density at radius 2 is 2.10 bits per heavy atom. The van der Waals surface area contributed by atoms with Crippen LogP contribution in [0.2, 0.25) is 0 Å². The summed E-state index contributed by atoms with van der Waals surface area (Å²) in [5.74, 6) is 1.08. The number of aromatic nitrogens is 2. The van der Waals surface area contributed by atoms with Crippen molar-refractivity contribution < 1.29 is 9.21 Å². The van der Waals surface area contributed by atoms with Gasteiger partial charge in [-0.2, -0.15) is 5.10 Å². The molecule has 1 amide bonds. The number of nitrogens with one attached hydrogen (secondary N) is 1. The molecule has 0 saturated carbocycles. The van der Waals surface area contributed by atoms with Crippen LogP contribution in [0.5, 0.6) is 0 Å². The van der Waals surface area contributed by atoms with Gasteiger partial charge in [0, 0.05) is 12.6 Å². The molecule has 0 spiro atoms. The summed E-state index contributed by atoms with van der Waals surface area (Å²) in [6.07, 6.45) is 0. The Morgan fingerprint density at radius 1 is 1.35 bits per heavy atom. The van der Waals surface area contributed by atoms with Gasteiger partial charge in [-0.25, -0.2) is 4.68 Å². The van der Waals surface area contributed by atoms with Crippen molar-refractivity contribution in [3.05, 3.63) is 51.3 Å². The average Bonchev–Trinajstić information content (AvgIpc) is 2.72. The highest BCUT2D eigenvalue weighted by Gasteiger charge is 2.12. The lowest BCUT2D eigenvalue weighted by molar-refractivity contribution is 0.0950. The van der Waals surface area contributed by atoms with Gasteiger partial charge in [-0.15, -0.1) is 0 Å². The molecule has 6 nitrogen and oxygen atoms in total. The molecule has 1 N–H and O–H groups in total. The molecule has 2 aromatic rings. The lowest BCUT2D eigenvalue weighted by Crippen LogP contribution is -2.32. The van der Waals surface area contributed by atoms with E-state index in [1.165, 1.54) is 10.7 Å². The van der Waals surface area contributed by atoms with E-state index < -0.39 is 0 Å². The highest BCUT2D eigenvalue weighted by molar-refractivity contribution is 5.95. The van der Waals surface area contributed by atoms with Crippen molar-refractivity contribution >= 4 is 5.91 Å². The van der Waals surface area contributed by atoms with E-state index in [9.17, 15) is 9.59 Å². The highest BCUT2D eigenvalue weighted by Crippen LogP contribution is 2.12. The lowest BCUT2D eigenvalue weighted by atomic mass is 10.2. The normalized spacial score (nSPS) is 10.6. The number of furan rings is 1. The molecule has 0 fully saturated rings. The Hall–Kier alpha value is -2.37. The molecule has 0 aliphatic carbocycles. The van der Waals surface area contributed by atoms with Gasteiger partial charge in [0.2, 0.25) is 0 Å². The zero-order valence-corrected chi connectivity index (χ0v) is 11.8. The first kappa shape index (κ1) is 14.0. The van der Waals surface area contributed by atoms with Crippen molar-refractivity contribution in [3.63, 3.8) is 0 Å². The minimum Gasteiger partial charge on any atom is -0.466 e. The van der Waals surface area contributed by atoms with E-state index in [0.717, 1.165) is 5.69 Å². The van der Waals surface area contributed by atoms with Crippen LogP contribution in [0, 0.1) is 20.8 Å². The van der Waals surface area contributed by atoms with E-state index in [2.05, 4.69) is 10.4 Å². The van der Waals surface area contributed by atoms with Crippen molar-refractivity contribution in [1.29, 1.82) is 0 Å². The molecule has 0 saturated heterocycles. The molecule has 6 heteroatoms. The topological polar surface area (TPSA) is 77.1 Å². The zero-order chi connectivity index (χ0) is 14.7. The second-order valence-corrected chi connectivity index (χ2v) is 4.62. The fourth-order valence-corrected chi connectivity index (χ4v) is 1.94. The molecule has 0 aliphatic heterocycles. The van der Waals surface area contributed by atoms with E-state index in [-0.39, 0.29) is 11.5 Å². The summed E-state index contributed by atoms with van der Waals surface area (Å²) in [5, 5.41) is 6.85. The van der Waals surface area contributed by atoms with Crippen LogP contribution in [0.1, 0.15) is 27.6 Å². The SMILES string of the molecule is Cc1ccc(=O)n(CCNC(=O)c2cc(C)oc2C)n1. The van der Waals surface area contributed by atoms with Crippen molar-refractivity contribution in [2.45, 2.75) is 27.3 Å². The fourth-order valence-electron chi connectivity index (χ4n) is 1.94. The number of nitrogens with zero attached hydrogens (tertiary/aromatic N) is 2. The predicted octanol–water partition coefficient (Wildman–Crippen LogP) is 1.19. The Labute approximate surface area is 116 Å². The fraction of sp³-hybridized carbons (Fsp3) is 0.357. The van der Waals surface area contributed by atoms with Gasteiger partial charge in [0.25, 0.3) is 11.5 Å². The maximum absolute atomic E-state index is 11.9. The maximum Gasteiger partial charge on any atom is 0.266 e. The second kappa shape index (κ2) is 5.73. The van der Waals surface area contributed by atoms with Crippen LogP contribution in [0.3, 0.4) is 0 Å². The van der Waals surface area contributed by atoms with Gasteiger partial charge in [0.1, 0.15) is 11.5 Å². The van der Waals surface area contributed by atoms with E-state index in [1.54, 1.807) is 26.0 Å². The standard InChI is InChI=1S/C14H17N3O3/c1-9-4-5-13(18)17(16-9)7-6-15-14(19)12-8-10(2)20-11(12)3/h4-5,8H,6-7H2,1-3H3,(H,15,19). The van der Waals surface area contributed by atoms with Crippen molar-refractivity contribution in [2.24, 2.45) is 0 Å². The number of carbonyl (C=O) groups excluding carboxylic acids is 1. The summed E-state index contributed by atoms with van der Waals surface area (Å²) in [7, 11) is 0. The van der Waals surface area contributed by atoms with E-state index in [4.69, 9.17) is 4.42 Å². The number of rotatable bonds is 4. The third kappa shape index (κ3) is 3.14. The quantitative estimate of drug-likeness (QED) is 0.909. The smallest absolute Gasteiger partial charge is 0.266 e. The van der Waals surface area contributed by atoms with Gasteiger partial charge in [-0.1, -0.05) is 0 Å². The molecule has 2 rings (SSSR count). The summed E-state index contributed by atoms with van der Waals surface area (Å²) in [6, 6.07) is 4.82.